The van der Waals surface area contributed by atoms with Crippen LogP contribution in [0.15, 0.2) is 18.2 Å². The fourth-order valence-electron chi connectivity index (χ4n) is 1.79. The van der Waals surface area contributed by atoms with Crippen LogP contribution in [0.25, 0.3) is 0 Å². The van der Waals surface area contributed by atoms with E-state index < -0.39 is 0 Å². The number of aryl methyl sites for hydroxylation is 1. The molecule has 1 aromatic carbocycles. The van der Waals surface area contributed by atoms with Gasteiger partial charge in [0.05, 0.1) is 4.92 Å². The Bertz CT molecular complexity index is 386. The fourth-order valence-corrected chi connectivity index (χ4v) is 1.79. The van der Waals surface area contributed by atoms with Gasteiger partial charge >= 0.3 is 0 Å². The van der Waals surface area contributed by atoms with Crippen molar-refractivity contribution in [3.05, 3.63) is 33.9 Å². The Morgan fingerprint density at radius 1 is 1.47 bits per heavy atom. The van der Waals surface area contributed by atoms with Crippen molar-refractivity contribution in [2.75, 3.05) is 5.32 Å². The Kier molecular flexibility index (Phi) is 2.58. The van der Waals surface area contributed by atoms with Gasteiger partial charge in [0.2, 0.25) is 0 Å². The molecule has 0 radical (unpaired) electrons. The first-order chi connectivity index (χ1) is 7.18. The smallest absolute Gasteiger partial charge is 0.295 e. The first kappa shape index (κ1) is 9.96. The SMILES string of the molecule is Cc1cccc(NC2CCC2)c1[N+](=O)[O-]. The van der Waals surface area contributed by atoms with Crippen molar-refractivity contribution in [2.24, 2.45) is 0 Å². The third-order valence-corrected chi connectivity index (χ3v) is 2.89. The van der Waals surface area contributed by atoms with E-state index in [2.05, 4.69) is 5.32 Å². The number of hydrogen-bond acceptors (Lipinski definition) is 3. The minimum Gasteiger partial charge on any atom is -0.377 e. The van der Waals surface area contributed by atoms with Gasteiger partial charge in [-0.15, -0.1) is 0 Å². The molecule has 0 spiro atoms. The van der Waals surface area contributed by atoms with E-state index in [-0.39, 0.29) is 10.6 Å². The van der Waals surface area contributed by atoms with Crippen molar-refractivity contribution < 1.29 is 4.92 Å². The Morgan fingerprint density at radius 3 is 2.73 bits per heavy atom. The van der Waals surface area contributed by atoms with E-state index >= 15 is 0 Å². The van der Waals surface area contributed by atoms with Gasteiger partial charge in [0, 0.05) is 11.6 Å². The Morgan fingerprint density at radius 2 is 2.20 bits per heavy atom. The summed E-state index contributed by atoms with van der Waals surface area (Å²) in [5.74, 6) is 0. The molecule has 1 aliphatic rings. The minimum atomic E-state index is -0.309. The minimum absolute atomic E-state index is 0.212. The number of nitrogens with one attached hydrogen (secondary N) is 1. The van der Waals surface area contributed by atoms with Crippen LogP contribution in [0.4, 0.5) is 11.4 Å². The fraction of sp³-hybridized carbons (Fsp3) is 0.455. The zero-order valence-electron chi connectivity index (χ0n) is 8.69. The van der Waals surface area contributed by atoms with Crippen LogP contribution in [0.5, 0.6) is 0 Å². The molecule has 0 aliphatic heterocycles. The summed E-state index contributed by atoms with van der Waals surface area (Å²) in [6.07, 6.45) is 3.45. The lowest BCUT2D eigenvalue weighted by molar-refractivity contribution is -0.384. The molecule has 4 nitrogen and oxygen atoms in total. The van der Waals surface area contributed by atoms with Crippen LogP contribution in [0.1, 0.15) is 24.8 Å². The van der Waals surface area contributed by atoms with Crippen LogP contribution in [-0.4, -0.2) is 11.0 Å². The third-order valence-electron chi connectivity index (χ3n) is 2.89. The molecule has 15 heavy (non-hydrogen) atoms. The van der Waals surface area contributed by atoms with Crippen molar-refractivity contribution >= 4 is 11.4 Å². The van der Waals surface area contributed by atoms with Gasteiger partial charge in [0.1, 0.15) is 5.69 Å². The van der Waals surface area contributed by atoms with Crippen molar-refractivity contribution in [2.45, 2.75) is 32.2 Å². The molecule has 4 heteroatoms. The lowest BCUT2D eigenvalue weighted by atomic mass is 9.93. The molecule has 0 saturated heterocycles. The predicted molar refractivity (Wildman–Crippen MR) is 59.1 cm³/mol. The van der Waals surface area contributed by atoms with E-state index in [4.69, 9.17) is 0 Å². The number of nitro benzene ring substituents is 1. The number of para-hydroxylation sites is 1. The zero-order valence-corrected chi connectivity index (χ0v) is 8.69. The molecular weight excluding hydrogens is 192 g/mol. The number of rotatable bonds is 3. The molecule has 1 N–H and O–H groups in total. The van der Waals surface area contributed by atoms with Gasteiger partial charge < -0.3 is 5.32 Å². The lowest BCUT2D eigenvalue weighted by Crippen LogP contribution is -2.27. The molecular formula is C11H14N2O2. The summed E-state index contributed by atoms with van der Waals surface area (Å²) >= 11 is 0. The van der Waals surface area contributed by atoms with Gasteiger partial charge in [0.25, 0.3) is 5.69 Å². The highest BCUT2D eigenvalue weighted by atomic mass is 16.6. The number of benzene rings is 1. The normalized spacial score (nSPS) is 15.8. The van der Waals surface area contributed by atoms with Crippen LogP contribution in [0.2, 0.25) is 0 Å². The summed E-state index contributed by atoms with van der Waals surface area (Å²) in [5, 5.41) is 14.1. The monoisotopic (exact) mass is 206 g/mol. The van der Waals surface area contributed by atoms with Gasteiger partial charge in [-0.1, -0.05) is 12.1 Å². The topological polar surface area (TPSA) is 55.2 Å². The number of nitro groups is 1. The maximum absolute atomic E-state index is 10.9. The molecule has 0 heterocycles. The highest BCUT2D eigenvalue weighted by Crippen LogP contribution is 2.31. The van der Waals surface area contributed by atoms with E-state index in [0.717, 1.165) is 12.8 Å². The quantitative estimate of drug-likeness (QED) is 0.611. The Balaban J connectivity index is 2.27. The average molecular weight is 206 g/mol. The number of nitrogens with zero attached hydrogens (tertiary/aromatic N) is 1. The highest BCUT2D eigenvalue weighted by Gasteiger charge is 2.22. The van der Waals surface area contributed by atoms with Crippen LogP contribution in [0, 0.1) is 17.0 Å². The second-order valence-corrected chi connectivity index (χ2v) is 4.00. The maximum Gasteiger partial charge on any atom is 0.295 e. The molecule has 1 aromatic rings. The summed E-state index contributed by atoms with van der Waals surface area (Å²) in [6.45, 7) is 1.77. The van der Waals surface area contributed by atoms with Crippen LogP contribution >= 0.6 is 0 Å². The lowest BCUT2D eigenvalue weighted by Gasteiger charge is -2.27. The highest BCUT2D eigenvalue weighted by molar-refractivity contribution is 5.65. The largest absolute Gasteiger partial charge is 0.377 e. The van der Waals surface area contributed by atoms with Gasteiger partial charge in [0.15, 0.2) is 0 Å². The van der Waals surface area contributed by atoms with E-state index in [0.29, 0.717) is 17.3 Å². The van der Waals surface area contributed by atoms with Gasteiger partial charge in [-0.05, 0) is 32.3 Å². The number of hydrogen-bond donors (Lipinski definition) is 1. The molecule has 0 bridgehead atoms. The third kappa shape index (κ3) is 1.93. The number of anilines is 1. The van der Waals surface area contributed by atoms with Crippen LogP contribution in [-0.2, 0) is 0 Å². The summed E-state index contributed by atoms with van der Waals surface area (Å²) in [7, 11) is 0. The standard InChI is InChI=1S/C11H14N2O2/c1-8-4-2-7-10(11(8)13(14)15)12-9-5-3-6-9/h2,4,7,9,12H,3,5-6H2,1H3. The van der Waals surface area contributed by atoms with Crippen molar-refractivity contribution in [3.63, 3.8) is 0 Å². The molecule has 0 unspecified atom stereocenters. The summed E-state index contributed by atoms with van der Waals surface area (Å²) in [6, 6.07) is 5.82. The zero-order chi connectivity index (χ0) is 10.8. The molecule has 1 fully saturated rings. The molecule has 1 aliphatic carbocycles. The predicted octanol–water partition coefficient (Wildman–Crippen LogP) is 2.87. The molecule has 1 saturated carbocycles. The molecule has 0 atom stereocenters. The first-order valence-corrected chi connectivity index (χ1v) is 5.19. The van der Waals surface area contributed by atoms with Crippen molar-refractivity contribution in [1.82, 2.24) is 0 Å². The molecule has 2 rings (SSSR count). The second kappa shape index (κ2) is 3.88. The Hall–Kier alpha value is -1.58. The molecule has 0 amide bonds. The summed E-state index contributed by atoms with van der Waals surface area (Å²) in [4.78, 5) is 10.6. The van der Waals surface area contributed by atoms with Gasteiger partial charge in [-0.2, -0.15) is 0 Å². The summed E-state index contributed by atoms with van der Waals surface area (Å²) < 4.78 is 0. The van der Waals surface area contributed by atoms with Crippen LogP contribution in [0.3, 0.4) is 0 Å². The van der Waals surface area contributed by atoms with Crippen LogP contribution < -0.4 is 5.32 Å². The second-order valence-electron chi connectivity index (χ2n) is 4.00. The molecule has 80 valence electrons. The van der Waals surface area contributed by atoms with Crippen molar-refractivity contribution in [1.29, 1.82) is 0 Å². The van der Waals surface area contributed by atoms with Gasteiger partial charge in [-0.3, -0.25) is 10.1 Å². The van der Waals surface area contributed by atoms with E-state index in [1.807, 2.05) is 6.07 Å². The van der Waals surface area contributed by atoms with E-state index in [1.54, 1.807) is 19.1 Å². The van der Waals surface area contributed by atoms with Gasteiger partial charge in [-0.25, -0.2) is 0 Å². The molecule has 0 aromatic heterocycles. The first-order valence-electron chi connectivity index (χ1n) is 5.19. The average Bonchev–Trinajstić information content (AvgIpc) is 2.10. The Labute approximate surface area is 88.5 Å². The van der Waals surface area contributed by atoms with E-state index in [9.17, 15) is 10.1 Å². The van der Waals surface area contributed by atoms with E-state index in [1.165, 1.54) is 6.42 Å². The summed E-state index contributed by atoms with van der Waals surface area (Å²) in [5.41, 5.74) is 1.58. The van der Waals surface area contributed by atoms with Crippen molar-refractivity contribution in [3.8, 4) is 0 Å². The maximum atomic E-state index is 10.9.